The third-order valence-corrected chi connectivity index (χ3v) is 2.47. The van der Waals surface area contributed by atoms with Gasteiger partial charge in [0, 0.05) is 19.2 Å². The van der Waals surface area contributed by atoms with Crippen LogP contribution in [0, 0.1) is 5.41 Å². The van der Waals surface area contributed by atoms with Crippen LogP contribution in [0.25, 0.3) is 0 Å². The first-order valence-corrected chi connectivity index (χ1v) is 5.43. The summed E-state index contributed by atoms with van der Waals surface area (Å²) in [6.07, 6.45) is 0.768. The lowest BCUT2D eigenvalue weighted by Crippen LogP contribution is -2.24. The Balaban J connectivity index is 2.53. The summed E-state index contributed by atoms with van der Waals surface area (Å²) in [5.74, 6) is 1.40. The van der Waals surface area contributed by atoms with Gasteiger partial charge < -0.3 is 15.2 Å². The van der Waals surface area contributed by atoms with Gasteiger partial charge in [-0.05, 0) is 17.9 Å². The fourth-order valence-electron chi connectivity index (χ4n) is 1.35. The zero-order chi connectivity index (χ0) is 12.0. The summed E-state index contributed by atoms with van der Waals surface area (Å²) < 4.78 is 5.04. The monoisotopic (exact) mass is 224 g/mol. The van der Waals surface area contributed by atoms with E-state index in [4.69, 9.17) is 9.84 Å². The SMILES string of the molecule is COc1cccc(NCC(C)(C)CCO)n1. The topological polar surface area (TPSA) is 54.4 Å². The molecule has 2 N–H and O–H groups in total. The van der Waals surface area contributed by atoms with E-state index < -0.39 is 0 Å². The quantitative estimate of drug-likeness (QED) is 0.775. The van der Waals surface area contributed by atoms with Gasteiger partial charge in [0.05, 0.1) is 7.11 Å². The van der Waals surface area contributed by atoms with Crippen molar-refractivity contribution in [2.45, 2.75) is 20.3 Å². The zero-order valence-corrected chi connectivity index (χ0v) is 10.2. The van der Waals surface area contributed by atoms with Gasteiger partial charge in [-0.25, -0.2) is 0 Å². The molecule has 1 aromatic rings. The Morgan fingerprint density at radius 2 is 2.19 bits per heavy atom. The normalized spacial score (nSPS) is 11.2. The molecule has 0 radical (unpaired) electrons. The van der Waals surface area contributed by atoms with Crippen molar-refractivity contribution in [1.82, 2.24) is 4.98 Å². The van der Waals surface area contributed by atoms with Crippen molar-refractivity contribution in [3.05, 3.63) is 18.2 Å². The second-order valence-electron chi connectivity index (χ2n) is 4.56. The molecule has 1 aromatic heterocycles. The third kappa shape index (κ3) is 4.06. The van der Waals surface area contributed by atoms with E-state index in [2.05, 4.69) is 24.1 Å². The molecule has 16 heavy (non-hydrogen) atoms. The highest BCUT2D eigenvalue weighted by atomic mass is 16.5. The summed E-state index contributed by atoms with van der Waals surface area (Å²) in [5.41, 5.74) is 0.0551. The number of nitrogens with one attached hydrogen (secondary N) is 1. The Morgan fingerprint density at radius 3 is 2.81 bits per heavy atom. The molecule has 4 nitrogen and oxygen atoms in total. The molecule has 0 bridgehead atoms. The molecule has 0 saturated heterocycles. The highest BCUT2D eigenvalue weighted by molar-refractivity contribution is 5.37. The van der Waals surface area contributed by atoms with Crippen molar-refractivity contribution >= 4 is 5.82 Å². The van der Waals surface area contributed by atoms with Crippen molar-refractivity contribution in [1.29, 1.82) is 0 Å². The predicted octanol–water partition coefficient (Wildman–Crippen LogP) is 1.91. The van der Waals surface area contributed by atoms with Crippen molar-refractivity contribution in [2.75, 3.05) is 25.6 Å². The number of hydrogen-bond acceptors (Lipinski definition) is 4. The van der Waals surface area contributed by atoms with E-state index in [0.717, 1.165) is 18.8 Å². The molecular formula is C12H20N2O2. The van der Waals surface area contributed by atoms with Gasteiger partial charge in [-0.1, -0.05) is 19.9 Å². The van der Waals surface area contributed by atoms with Crippen LogP contribution < -0.4 is 10.1 Å². The van der Waals surface area contributed by atoms with Crippen LogP contribution in [0.15, 0.2) is 18.2 Å². The maximum atomic E-state index is 8.92. The van der Waals surface area contributed by atoms with E-state index in [1.807, 2.05) is 18.2 Å². The maximum Gasteiger partial charge on any atom is 0.214 e. The Labute approximate surface area is 96.7 Å². The second-order valence-corrected chi connectivity index (χ2v) is 4.56. The van der Waals surface area contributed by atoms with Crippen LogP contribution in [0.2, 0.25) is 0 Å². The lowest BCUT2D eigenvalue weighted by molar-refractivity contribution is 0.220. The number of rotatable bonds is 6. The number of aromatic nitrogens is 1. The highest BCUT2D eigenvalue weighted by Crippen LogP contribution is 2.20. The maximum absolute atomic E-state index is 8.92. The summed E-state index contributed by atoms with van der Waals surface area (Å²) in [6.45, 7) is 5.20. The average molecular weight is 224 g/mol. The van der Waals surface area contributed by atoms with Gasteiger partial charge in [0.1, 0.15) is 5.82 Å². The fourth-order valence-corrected chi connectivity index (χ4v) is 1.35. The molecule has 90 valence electrons. The van der Waals surface area contributed by atoms with Gasteiger partial charge in [-0.15, -0.1) is 0 Å². The number of pyridine rings is 1. The van der Waals surface area contributed by atoms with Gasteiger partial charge in [0.15, 0.2) is 0 Å². The predicted molar refractivity (Wildman–Crippen MR) is 64.8 cm³/mol. The number of aliphatic hydroxyl groups is 1. The number of ether oxygens (including phenoxy) is 1. The minimum absolute atomic E-state index is 0.0551. The number of methoxy groups -OCH3 is 1. The number of aliphatic hydroxyl groups excluding tert-OH is 1. The molecule has 0 atom stereocenters. The first kappa shape index (κ1) is 12.8. The van der Waals surface area contributed by atoms with E-state index in [1.165, 1.54) is 0 Å². The number of nitrogens with zero attached hydrogens (tertiary/aromatic N) is 1. The molecule has 0 aliphatic heterocycles. The van der Waals surface area contributed by atoms with Crippen molar-refractivity contribution < 1.29 is 9.84 Å². The van der Waals surface area contributed by atoms with Crippen LogP contribution in [-0.2, 0) is 0 Å². The van der Waals surface area contributed by atoms with E-state index in [0.29, 0.717) is 5.88 Å². The van der Waals surface area contributed by atoms with E-state index >= 15 is 0 Å². The van der Waals surface area contributed by atoms with Crippen LogP contribution in [0.1, 0.15) is 20.3 Å². The Hall–Kier alpha value is -1.29. The molecular weight excluding hydrogens is 204 g/mol. The molecule has 0 amide bonds. The van der Waals surface area contributed by atoms with E-state index in [1.54, 1.807) is 7.11 Å². The lowest BCUT2D eigenvalue weighted by Gasteiger charge is -2.24. The first-order valence-electron chi connectivity index (χ1n) is 5.43. The lowest BCUT2D eigenvalue weighted by atomic mass is 9.90. The number of hydrogen-bond donors (Lipinski definition) is 2. The minimum atomic E-state index is 0.0551. The zero-order valence-electron chi connectivity index (χ0n) is 10.2. The van der Waals surface area contributed by atoms with Crippen LogP contribution in [0.4, 0.5) is 5.82 Å². The summed E-state index contributed by atoms with van der Waals surface area (Å²) in [5, 5.41) is 12.2. The average Bonchev–Trinajstić information content (AvgIpc) is 2.27. The van der Waals surface area contributed by atoms with E-state index in [-0.39, 0.29) is 12.0 Å². The van der Waals surface area contributed by atoms with Crippen molar-refractivity contribution in [3.8, 4) is 5.88 Å². The highest BCUT2D eigenvalue weighted by Gasteiger charge is 2.16. The fraction of sp³-hybridized carbons (Fsp3) is 0.583. The molecule has 4 heteroatoms. The largest absolute Gasteiger partial charge is 0.481 e. The van der Waals surface area contributed by atoms with Gasteiger partial charge in [-0.2, -0.15) is 4.98 Å². The summed E-state index contributed by atoms with van der Waals surface area (Å²) in [4.78, 5) is 4.26. The van der Waals surface area contributed by atoms with Gasteiger partial charge in [0.2, 0.25) is 5.88 Å². The standard InChI is InChI=1S/C12H20N2O2/c1-12(2,7-8-15)9-13-10-5-4-6-11(14-10)16-3/h4-6,15H,7-9H2,1-3H3,(H,13,14). The summed E-state index contributed by atoms with van der Waals surface area (Å²) in [7, 11) is 1.60. The third-order valence-electron chi connectivity index (χ3n) is 2.47. The smallest absolute Gasteiger partial charge is 0.214 e. The minimum Gasteiger partial charge on any atom is -0.481 e. The molecule has 0 spiro atoms. The molecule has 1 heterocycles. The Bertz CT molecular complexity index is 327. The van der Waals surface area contributed by atoms with Crippen LogP contribution in [0.3, 0.4) is 0 Å². The van der Waals surface area contributed by atoms with E-state index in [9.17, 15) is 0 Å². The molecule has 0 unspecified atom stereocenters. The van der Waals surface area contributed by atoms with Gasteiger partial charge in [-0.3, -0.25) is 0 Å². The van der Waals surface area contributed by atoms with Crippen molar-refractivity contribution in [3.63, 3.8) is 0 Å². The summed E-state index contributed by atoms with van der Waals surface area (Å²) >= 11 is 0. The van der Waals surface area contributed by atoms with Gasteiger partial charge in [0.25, 0.3) is 0 Å². The van der Waals surface area contributed by atoms with Gasteiger partial charge >= 0.3 is 0 Å². The van der Waals surface area contributed by atoms with Crippen molar-refractivity contribution in [2.24, 2.45) is 5.41 Å². The first-order chi connectivity index (χ1) is 7.57. The molecule has 0 saturated carbocycles. The molecule has 0 fully saturated rings. The Kier molecular flexibility index (Phi) is 4.55. The molecule has 0 aliphatic rings. The second kappa shape index (κ2) is 5.70. The number of anilines is 1. The summed E-state index contributed by atoms with van der Waals surface area (Å²) in [6, 6.07) is 5.61. The van der Waals surface area contributed by atoms with Crippen LogP contribution >= 0.6 is 0 Å². The molecule has 0 aromatic carbocycles. The van der Waals surface area contributed by atoms with Crippen LogP contribution in [-0.4, -0.2) is 30.4 Å². The molecule has 1 rings (SSSR count). The molecule has 0 aliphatic carbocycles. The van der Waals surface area contributed by atoms with Crippen LogP contribution in [0.5, 0.6) is 5.88 Å². The Morgan fingerprint density at radius 1 is 1.44 bits per heavy atom.